The monoisotopic (exact) mass is 342 g/mol. The highest BCUT2D eigenvalue weighted by Crippen LogP contribution is 2.34. The zero-order chi connectivity index (χ0) is 17.6. The van der Waals surface area contributed by atoms with E-state index in [0.29, 0.717) is 33.1 Å². The molecule has 0 radical (unpaired) electrons. The molecule has 1 N–H and O–H groups in total. The summed E-state index contributed by atoms with van der Waals surface area (Å²) < 4.78 is 38.9. The number of fused-ring (bicyclic) bond motifs is 1. The lowest BCUT2D eigenvalue weighted by molar-refractivity contribution is -0.137. The molecule has 1 aromatic heterocycles. The Balaban J connectivity index is 1.91. The molecule has 0 bridgehead atoms. The first-order valence-electron chi connectivity index (χ1n) is 7.25. The number of hydrogen-bond acceptors (Lipinski definition) is 2. The van der Waals surface area contributed by atoms with Crippen LogP contribution >= 0.6 is 0 Å². The van der Waals surface area contributed by atoms with E-state index in [2.05, 4.69) is 20.2 Å². The molecule has 3 aromatic rings. The molecule has 1 aliphatic rings. The molecular formula is C17H9F3N4O. The molecule has 2 amide bonds. The third kappa shape index (κ3) is 2.61. The number of para-hydroxylation sites is 1. The number of H-pyrrole nitrogens is 1. The summed E-state index contributed by atoms with van der Waals surface area (Å²) in [6.45, 7) is 0. The smallest absolute Gasteiger partial charge is 0.277 e. The van der Waals surface area contributed by atoms with Gasteiger partial charge in [-0.3, -0.25) is 5.10 Å². The molecule has 0 unspecified atom stereocenters. The number of amides is 2. The first-order chi connectivity index (χ1) is 11.9. The predicted octanol–water partition coefficient (Wildman–Crippen LogP) is 3.14. The third-order valence-electron chi connectivity index (χ3n) is 3.85. The maximum atomic E-state index is 13.0. The predicted molar refractivity (Wildman–Crippen MR) is 82.2 cm³/mol. The first kappa shape index (κ1) is 15.3. The number of hydrogen-bond donors (Lipinski definition) is 1. The lowest BCUT2D eigenvalue weighted by Gasteiger charge is -2.09. The standard InChI is InChI=1S/C17H9F3N4O/c18-17(19,20)10-4-1-3-9(7-10)14-12(8-21-24-14)11-5-2-6-13-15(11)23-16(25)22-13/h1-8H,(H,21,24). The molecule has 8 heteroatoms. The summed E-state index contributed by atoms with van der Waals surface area (Å²) in [5.41, 5.74) is 1.12. The number of nitrogens with zero attached hydrogens (tertiary/aromatic N) is 3. The molecule has 0 saturated heterocycles. The molecule has 0 saturated carbocycles. The minimum Gasteiger partial charge on any atom is -0.277 e. The van der Waals surface area contributed by atoms with Crippen LogP contribution in [0.3, 0.4) is 0 Å². The summed E-state index contributed by atoms with van der Waals surface area (Å²) in [5.74, 6) is 0. The van der Waals surface area contributed by atoms with Gasteiger partial charge >= 0.3 is 12.2 Å². The molecule has 0 atom stereocenters. The van der Waals surface area contributed by atoms with E-state index < -0.39 is 17.8 Å². The van der Waals surface area contributed by atoms with Crippen LogP contribution in [-0.4, -0.2) is 16.2 Å². The van der Waals surface area contributed by atoms with Crippen molar-refractivity contribution < 1.29 is 18.0 Å². The van der Waals surface area contributed by atoms with Crippen molar-refractivity contribution in [1.29, 1.82) is 0 Å². The molecule has 4 rings (SSSR count). The molecule has 0 spiro atoms. The van der Waals surface area contributed by atoms with Crippen molar-refractivity contribution in [1.82, 2.24) is 10.2 Å². The first-order valence-corrected chi connectivity index (χ1v) is 7.25. The molecule has 0 fully saturated rings. The summed E-state index contributed by atoms with van der Waals surface area (Å²) in [6.07, 6.45) is -2.95. The molecule has 124 valence electrons. The quantitative estimate of drug-likeness (QED) is 0.777. The van der Waals surface area contributed by atoms with Gasteiger partial charge in [-0.25, -0.2) is 4.79 Å². The number of halogens is 3. The van der Waals surface area contributed by atoms with Crippen LogP contribution in [-0.2, 0) is 6.18 Å². The number of carbonyl (C=O) groups is 1. The Kier molecular flexibility index (Phi) is 3.28. The summed E-state index contributed by atoms with van der Waals surface area (Å²) in [4.78, 5) is 19.1. The molecular weight excluding hydrogens is 333 g/mol. The van der Waals surface area contributed by atoms with Crippen LogP contribution in [0.5, 0.6) is 0 Å². The summed E-state index contributed by atoms with van der Waals surface area (Å²) in [5, 5.41) is 7.50. The lowest BCUT2D eigenvalue weighted by Crippen LogP contribution is -2.23. The fraction of sp³-hybridized carbons (Fsp3) is 0.0588. The Bertz CT molecular complexity index is 1120. The van der Waals surface area contributed by atoms with Crippen LogP contribution in [0.15, 0.2) is 58.6 Å². The Morgan fingerprint density at radius 3 is 2.56 bits per heavy atom. The second-order valence-electron chi connectivity index (χ2n) is 5.42. The maximum Gasteiger partial charge on any atom is 0.416 e. The largest absolute Gasteiger partial charge is 0.416 e. The van der Waals surface area contributed by atoms with E-state index in [1.54, 1.807) is 24.3 Å². The van der Waals surface area contributed by atoms with Gasteiger partial charge < -0.3 is 0 Å². The summed E-state index contributed by atoms with van der Waals surface area (Å²) >= 11 is 0. The van der Waals surface area contributed by atoms with Crippen molar-refractivity contribution in [3.05, 3.63) is 64.9 Å². The zero-order valence-corrected chi connectivity index (χ0v) is 12.5. The highest BCUT2D eigenvalue weighted by Gasteiger charge is 2.30. The van der Waals surface area contributed by atoms with Crippen molar-refractivity contribution in [3.63, 3.8) is 0 Å². The molecule has 2 heterocycles. The van der Waals surface area contributed by atoms with E-state index in [1.807, 2.05) is 0 Å². The highest BCUT2D eigenvalue weighted by molar-refractivity contribution is 5.83. The van der Waals surface area contributed by atoms with Gasteiger partial charge in [0.05, 0.1) is 22.8 Å². The topological polar surface area (TPSA) is 70.5 Å². The second kappa shape index (κ2) is 5.37. The van der Waals surface area contributed by atoms with Crippen LogP contribution in [0, 0.1) is 0 Å². The van der Waals surface area contributed by atoms with Gasteiger partial charge in [0.1, 0.15) is 5.36 Å². The minimum atomic E-state index is -4.44. The van der Waals surface area contributed by atoms with Crippen LogP contribution in [0.4, 0.5) is 18.0 Å². The van der Waals surface area contributed by atoms with Crippen molar-refractivity contribution in [2.45, 2.75) is 6.18 Å². The Morgan fingerprint density at radius 2 is 1.76 bits per heavy atom. The Hall–Kier alpha value is -3.29. The van der Waals surface area contributed by atoms with E-state index in [1.165, 1.54) is 12.3 Å². The number of aromatic nitrogens is 2. The van der Waals surface area contributed by atoms with E-state index in [-0.39, 0.29) is 0 Å². The SMILES string of the molecule is O=C1N=c2cccc(-c3cn[nH]c3-c3cccc(C(F)(F)F)c3)c2=N1. The summed E-state index contributed by atoms with van der Waals surface area (Å²) in [6, 6.07) is 9.42. The van der Waals surface area contributed by atoms with E-state index in [0.717, 1.165) is 12.1 Å². The number of benzene rings is 2. The van der Waals surface area contributed by atoms with Gasteiger partial charge in [0.2, 0.25) is 0 Å². The van der Waals surface area contributed by atoms with Crippen LogP contribution in [0.25, 0.3) is 22.4 Å². The second-order valence-corrected chi connectivity index (χ2v) is 5.42. The maximum absolute atomic E-state index is 13.0. The number of carbonyl (C=O) groups excluding carboxylic acids is 1. The van der Waals surface area contributed by atoms with Gasteiger partial charge in [-0.1, -0.05) is 24.3 Å². The highest BCUT2D eigenvalue weighted by atomic mass is 19.4. The van der Waals surface area contributed by atoms with Gasteiger partial charge in [0, 0.05) is 16.7 Å². The van der Waals surface area contributed by atoms with Crippen LogP contribution < -0.4 is 10.7 Å². The van der Waals surface area contributed by atoms with Gasteiger partial charge in [0.15, 0.2) is 0 Å². The number of urea groups is 1. The van der Waals surface area contributed by atoms with Crippen molar-refractivity contribution >= 4 is 6.03 Å². The fourth-order valence-corrected chi connectivity index (χ4v) is 2.74. The van der Waals surface area contributed by atoms with Gasteiger partial charge in [-0.05, 0) is 18.2 Å². The van der Waals surface area contributed by atoms with Crippen molar-refractivity contribution in [2.24, 2.45) is 9.98 Å². The van der Waals surface area contributed by atoms with E-state index in [4.69, 9.17) is 0 Å². The number of alkyl halides is 3. The normalized spacial score (nSPS) is 13.3. The lowest BCUT2D eigenvalue weighted by atomic mass is 9.99. The molecule has 1 aliphatic heterocycles. The minimum absolute atomic E-state index is 0.334. The number of rotatable bonds is 2. The van der Waals surface area contributed by atoms with Crippen LogP contribution in [0.1, 0.15) is 5.56 Å². The molecule has 5 nitrogen and oxygen atoms in total. The van der Waals surface area contributed by atoms with Crippen molar-refractivity contribution in [3.8, 4) is 22.4 Å². The van der Waals surface area contributed by atoms with E-state index in [9.17, 15) is 18.0 Å². The van der Waals surface area contributed by atoms with Crippen molar-refractivity contribution in [2.75, 3.05) is 0 Å². The van der Waals surface area contributed by atoms with Gasteiger partial charge in [-0.15, -0.1) is 0 Å². The number of aromatic amines is 1. The third-order valence-corrected chi connectivity index (χ3v) is 3.85. The van der Waals surface area contributed by atoms with E-state index >= 15 is 0 Å². The average Bonchev–Trinajstić information content (AvgIpc) is 3.19. The van der Waals surface area contributed by atoms with Gasteiger partial charge in [0.25, 0.3) is 0 Å². The van der Waals surface area contributed by atoms with Gasteiger partial charge in [-0.2, -0.15) is 28.3 Å². The zero-order valence-electron chi connectivity index (χ0n) is 12.5. The Morgan fingerprint density at radius 1 is 0.960 bits per heavy atom. The molecule has 2 aromatic carbocycles. The number of nitrogens with one attached hydrogen (secondary N) is 1. The molecule has 0 aliphatic carbocycles. The fourth-order valence-electron chi connectivity index (χ4n) is 2.74. The summed E-state index contributed by atoms with van der Waals surface area (Å²) in [7, 11) is 0. The average molecular weight is 342 g/mol. The Labute approximate surface area is 138 Å². The molecule has 25 heavy (non-hydrogen) atoms. The van der Waals surface area contributed by atoms with Crippen LogP contribution in [0.2, 0.25) is 0 Å².